The number of halogens is 3. The summed E-state index contributed by atoms with van der Waals surface area (Å²) in [6.07, 6.45) is 0.377. The molecule has 2 aromatic rings. The van der Waals surface area contributed by atoms with Gasteiger partial charge in [-0.25, -0.2) is 8.78 Å². The van der Waals surface area contributed by atoms with E-state index in [0.29, 0.717) is 12.4 Å². The van der Waals surface area contributed by atoms with Gasteiger partial charge in [0.05, 0.1) is 12.7 Å². The second-order valence-corrected chi connectivity index (χ2v) is 3.30. The SMILES string of the molecule is COc1c(F)c(F)cc(-c2cc(C=O)no2)c1F. The molecule has 2 rings (SSSR count). The fourth-order valence-corrected chi connectivity index (χ4v) is 1.41. The minimum absolute atomic E-state index is 0.0897. The number of aromatic nitrogens is 1. The van der Waals surface area contributed by atoms with Crippen molar-refractivity contribution in [3.63, 3.8) is 0 Å². The summed E-state index contributed by atoms with van der Waals surface area (Å²) in [6.45, 7) is 0. The van der Waals surface area contributed by atoms with E-state index in [9.17, 15) is 18.0 Å². The number of aldehydes is 1. The predicted molar refractivity (Wildman–Crippen MR) is 53.8 cm³/mol. The van der Waals surface area contributed by atoms with Gasteiger partial charge in [0, 0.05) is 6.07 Å². The Kier molecular flexibility index (Phi) is 3.05. The minimum Gasteiger partial charge on any atom is -0.491 e. The standard InChI is InChI=1S/C11H6F3NO3/c1-17-11-9(13)6(3-7(12)10(11)14)8-2-5(4-16)15-18-8/h2-4H,1H3. The van der Waals surface area contributed by atoms with Gasteiger partial charge in [0.15, 0.2) is 29.4 Å². The third kappa shape index (κ3) is 1.83. The topological polar surface area (TPSA) is 52.3 Å². The van der Waals surface area contributed by atoms with Crippen molar-refractivity contribution < 1.29 is 27.2 Å². The molecule has 0 atom stereocenters. The average Bonchev–Trinajstić information content (AvgIpc) is 2.83. The first-order valence-electron chi connectivity index (χ1n) is 4.72. The Hall–Kier alpha value is -2.31. The largest absolute Gasteiger partial charge is 0.491 e. The van der Waals surface area contributed by atoms with Crippen LogP contribution >= 0.6 is 0 Å². The molecule has 0 aliphatic carbocycles. The third-order valence-corrected chi connectivity index (χ3v) is 2.23. The van der Waals surface area contributed by atoms with Crippen molar-refractivity contribution in [2.24, 2.45) is 0 Å². The number of carbonyl (C=O) groups excluding carboxylic acids is 1. The fraction of sp³-hybridized carbons (Fsp3) is 0.0909. The Morgan fingerprint density at radius 3 is 2.56 bits per heavy atom. The molecule has 0 aliphatic heterocycles. The number of ether oxygens (including phenoxy) is 1. The molecule has 0 aliphatic rings. The van der Waals surface area contributed by atoms with Gasteiger partial charge < -0.3 is 9.26 Å². The lowest BCUT2D eigenvalue weighted by Crippen LogP contribution is -1.98. The molecule has 1 aromatic carbocycles. The highest BCUT2D eigenvalue weighted by Gasteiger charge is 2.22. The van der Waals surface area contributed by atoms with Gasteiger partial charge in [-0.05, 0) is 6.07 Å². The lowest BCUT2D eigenvalue weighted by atomic mass is 10.1. The van der Waals surface area contributed by atoms with Crippen LogP contribution in [0.15, 0.2) is 16.7 Å². The molecule has 0 bridgehead atoms. The van der Waals surface area contributed by atoms with E-state index in [1.807, 2.05) is 0 Å². The molecule has 94 valence electrons. The van der Waals surface area contributed by atoms with Crippen molar-refractivity contribution in [1.29, 1.82) is 0 Å². The predicted octanol–water partition coefficient (Wildman–Crippen LogP) is 2.58. The zero-order chi connectivity index (χ0) is 13.3. The Balaban J connectivity index is 2.64. The lowest BCUT2D eigenvalue weighted by molar-refractivity contribution is 0.111. The monoisotopic (exact) mass is 257 g/mol. The summed E-state index contributed by atoms with van der Waals surface area (Å²) >= 11 is 0. The van der Waals surface area contributed by atoms with E-state index in [-0.39, 0.29) is 17.0 Å². The molecular weight excluding hydrogens is 251 g/mol. The summed E-state index contributed by atoms with van der Waals surface area (Å²) in [4.78, 5) is 10.4. The van der Waals surface area contributed by atoms with Crippen LogP contribution in [0.3, 0.4) is 0 Å². The zero-order valence-corrected chi connectivity index (χ0v) is 9.04. The molecule has 0 radical (unpaired) electrons. The van der Waals surface area contributed by atoms with Gasteiger partial charge in [0.2, 0.25) is 5.82 Å². The minimum atomic E-state index is -1.44. The summed E-state index contributed by atoms with van der Waals surface area (Å²) in [6, 6.07) is 1.70. The number of hydrogen-bond acceptors (Lipinski definition) is 4. The summed E-state index contributed by atoms with van der Waals surface area (Å²) in [5.74, 6) is -4.94. The van der Waals surface area contributed by atoms with E-state index < -0.39 is 23.2 Å². The van der Waals surface area contributed by atoms with Gasteiger partial charge >= 0.3 is 0 Å². The lowest BCUT2D eigenvalue weighted by Gasteiger charge is -2.07. The molecule has 18 heavy (non-hydrogen) atoms. The van der Waals surface area contributed by atoms with E-state index >= 15 is 0 Å². The quantitative estimate of drug-likeness (QED) is 0.626. The van der Waals surface area contributed by atoms with Crippen LogP contribution < -0.4 is 4.74 Å². The first-order valence-corrected chi connectivity index (χ1v) is 4.72. The maximum absolute atomic E-state index is 13.8. The van der Waals surface area contributed by atoms with Gasteiger partial charge in [0.1, 0.15) is 5.69 Å². The highest BCUT2D eigenvalue weighted by Crippen LogP contribution is 2.33. The first-order chi connectivity index (χ1) is 8.58. The zero-order valence-electron chi connectivity index (χ0n) is 9.04. The molecule has 0 spiro atoms. The van der Waals surface area contributed by atoms with Crippen LogP contribution in [0.4, 0.5) is 13.2 Å². The van der Waals surface area contributed by atoms with E-state index in [1.54, 1.807) is 0 Å². The van der Waals surface area contributed by atoms with Crippen molar-refractivity contribution >= 4 is 6.29 Å². The van der Waals surface area contributed by atoms with Crippen molar-refractivity contribution in [1.82, 2.24) is 5.16 Å². The second kappa shape index (κ2) is 4.52. The van der Waals surface area contributed by atoms with Crippen LogP contribution in [-0.2, 0) is 0 Å². The summed E-state index contributed by atoms with van der Waals surface area (Å²) < 4.78 is 49.3. The molecule has 7 heteroatoms. The van der Waals surface area contributed by atoms with Crippen molar-refractivity contribution in [2.45, 2.75) is 0 Å². The van der Waals surface area contributed by atoms with Gasteiger partial charge in [-0.2, -0.15) is 4.39 Å². The van der Waals surface area contributed by atoms with Crippen molar-refractivity contribution in [3.05, 3.63) is 35.3 Å². The van der Waals surface area contributed by atoms with Gasteiger partial charge in [0.25, 0.3) is 0 Å². The summed E-state index contributed by atoms with van der Waals surface area (Å²) in [5.41, 5.74) is -0.473. The Morgan fingerprint density at radius 1 is 1.28 bits per heavy atom. The van der Waals surface area contributed by atoms with Crippen LogP contribution in [0, 0.1) is 17.5 Å². The normalized spacial score (nSPS) is 10.4. The number of benzene rings is 1. The molecule has 1 aromatic heterocycles. The maximum Gasteiger partial charge on any atom is 0.203 e. The van der Waals surface area contributed by atoms with Crippen LogP contribution in [0.25, 0.3) is 11.3 Å². The average molecular weight is 257 g/mol. The van der Waals surface area contributed by atoms with Gasteiger partial charge in [-0.1, -0.05) is 5.16 Å². The Bertz CT molecular complexity index is 610. The molecule has 0 amide bonds. The van der Waals surface area contributed by atoms with Gasteiger partial charge in [-0.15, -0.1) is 0 Å². The smallest absolute Gasteiger partial charge is 0.203 e. The number of rotatable bonds is 3. The molecule has 1 heterocycles. The summed E-state index contributed by atoms with van der Waals surface area (Å²) in [5, 5.41) is 3.29. The molecule has 0 unspecified atom stereocenters. The van der Waals surface area contributed by atoms with Gasteiger partial charge in [-0.3, -0.25) is 4.79 Å². The van der Waals surface area contributed by atoms with Crippen LogP contribution in [0.5, 0.6) is 5.75 Å². The van der Waals surface area contributed by atoms with E-state index in [2.05, 4.69) is 14.4 Å². The van der Waals surface area contributed by atoms with Crippen LogP contribution in [0.1, 0.15) is 10.5 Å². The fourth-order valence-electron chi connectivity index (χ4n) is 1.41. The highest BCUT2D eigenvalue weighted by molar-refractivity contribution is 5.74. The van der Waals surface area contributed by atoms with E-state index in [0.717, 1.165) is 13.2 Å². The number of carbonyl (C=O) groups is 1. The second-order valence-electron chi connectivity index (χ2n) is 3.30. The molecule has 0 fully saturated rings. The Labute approximate surface area is 99.0 Å². The summed E-state index contributed by atoms with van der Waals surface area (Å²) in [7, 11) is 1.00. The molecular formula is C11H6F3NO3. The highest BCUT2D eigenvalue weighted by atomic mass is 19.2. The van der Waals surface area contributed by atoms with Crippen LogP contribution in [-0.4, -0.2) is 18.6 Å². The first kappa shape index (κ1) is 12.2. The molecule has 0 N–H and O–H groups in total. The maximum atomic E-state index is 13.8. The van der Waals surface area contributed by atoms with E-state index in [4.69, 9.17) is 0 Å². The van der Waals surface area contributed by atoms with E-state index in [1.165, 1.54) is 0 Å². The third-order valence-electron chi connectivity index (χ3n) is 2.23. The van der Waals surface area contributed by atoms with Crippen molar-refractivity contribution in [3.8, 4) is 17.1 Å². The number of methoxy groups -OCH3 is 1. The molecule has 4 nitrogen and oxygen atoms in total. The molecule has 0 saturated carbocycles. The molecule has 0 saturated heterocycles. The van der Waals surface area contributed by atoms with Crippen LogP contribution in [0.2, 0.25) is 0 Å². The number of nitrogens with zero attached hydrogens (tertiary/aromatic N) is 1. The Morgan fingerprint density at radius 2 is 2.00 bits per heavy atom. The van der Waals surface area contributed by atoms with Crippen molar-refractivity contribution in [2.75, 3.05) is 7.11 Å². The number of hydrogen-bond donors (Lipinski definition) is 0.